The van der Waals surface area contributed by atoms with Gasteiger partial charge >= 0.3 is 0 Å². The molecule has 3 heterocycles. The predicted octanol–water partition coefficient (Wildman–Crippen LogP) is 3.04. The van der Waals surface area contributed by atoms with Gasteiger partial charge in [-0.15, -0.1) is 22.7 Å². The maximum Gasteiger partial charge on any atom is 0.115 e. The van der Waals surface area contributed by atoms with Gasteiger partial charge in [0.05, 0.1) is 15.1 Å². The van der Waals surface area contributed by atoms with Crippen LogP contribution in [0.25, 0.3) is 0 Å². The molecule has 0 radical (unpaired) electrons. The van der Waals surface area contributed by atoms with Crippen molar-refractivity contribution < 1.29 is 0 Å². The fourth-order valence-electron chi connectivity index (χ4n) is 1.87. The van der Waals surface area contributed by atoms with Crippen molar-refractivity contribution in [2.45, 2.75) is 12.5 Å². The molecule has 5 heteroatoms. The van der Waals surface area contributed by atoms with E-state index in [0.29, 0.717) is 6.04 Å². The van der Waals surface area contributed by atoms with Gasteiger partial charge < -0.3 is 5.32 Å². The van der Waals surface area contributed by atoms with E-state index in [-0.39, 0.29) is 0 Å². The van der Waals surface area contributed by atoms with Crippen LogP contribution < -0.4 is 5.32 Å². The van der Waals surface area contributed by atoms with Crippen LogP contribution in [0.4, 0.5) is 0 Å². The number of nitrogens with zero attached hydrogens (tertiary/aromatic N) is 1. The Kier molecular flexibility index (Phi) is 2.80. The summed E-state index contributed by atoms with van der Waals surface area (Å²) < 4.78 is 1.26. The van der Waals surface area contributed by atoms with E-state index in [2.05, 4.69) is 44.3 Å². The zero-order valence-electron chi connectivity index (χ0n) is 7.87. The van der Waals surface area contributed by atoms with Crippen LogP contribution in [0.15, 0.2) is 17.6 Å². The largest absolute Gasteiger partial charge is 0.304 e. The standard InChI is InChI=1S/C10H9IN2S2/c11-8-5-13-10(15-8)9-6-2-4-14-7(6)1-3-12-9/h2,4-5,9,12H,1,3H2. The molecule has 1 aliphatic heterocycles. The van der Waals surface area contributed by atoms with E-state index in [4.69, 9.17) is 0 Å². The summed E-state index contributed by atoms with van der Waals surface area (Å²) >= 11 is 5.97. The highest BCUT2D eigenvalue weighted by atomic mass is 127. The Morgan fingerprint density at radius 2 is 2.47 bits per heavy atom. The maximum absolute atomic E-state index is 4.47. The summed E-state index contributed by atoms with van der Waals surface area (Å²) in [4.78, 5) is 5.99. The summed E-state index contributed by atoms with van der Waals surface area (Å²) in [6, 6.07) is 2.55. The summed E-state index contributed by atoms with van der Waals surface area (Å²) in [5.41, 5.74) is 1.43. The topological polar surface area (TPSA) is 24.9 Å². The molecule has 0 saturated carbocycles. The Morgan fingerprint density at radius 1 is 1.53 bits per heavy atom. The monoisotopic (exact) mass is 348 g/mol. The van der Waals surface area contributed by atoms with Crippen LogP contribution in [0.2, 0.25) is 0 Å². The van der Waals surface area contributed by atoms with Crippen LogP contribution in [0.3, 0.4) is 0 Å². The zero-order chi connectivity index (χ0) is 10.3. The molecule has 78 valence electrons. The first-order valence-electron chi connectivity index (χ1n) is 4.75. The molecule has 0 aromatic carbocycles. The van der Waals surface area contributed by atoms with Gasteiger partial charge in [0, 0.05) is 11.4 Å². The van der Waals surface area contributed by atoms with Crippen molar-refractivity contribution in [1.82, 2.24) is 10.3 Å². The van der Waals surface area contributed by atoms with E-state index in [0.717, 1.165) is 13.0 Å². The summed E-state index contributed by atoms with van der Waals surface area (Å²) in [6.45, 7) is 1.06. The van der Waals surface area contributed by atoms with Gasteiger partial charge in [0.2, 0.25) is 0 Å². The van der Waals surface area contributed by atoms with Crippen LogP contribution in [-0.4, -0.2) is 11.5 Å². The highest BCUT2D eigenvalue weighted by molar-refractivity contribution is 14.1. The quantitative estimate of drug-likeness (QED) is 0.802. The third kappa shape index (κ3) is 1.86. The van der Waals surface area contributed by atoms with Gasteiger partial charge in [-0.05, 0) is 46.0 Å². The summed E-state index contributed by atoms with van der Waals surface area (Å²) in [6.07, 6.45) is 3.11. The number of hydrogen-bond acceptors (Lipinski definition) is 4. The molecule has 0 spiro atoms. The number of fused-ring (bicyclic) bond motifs is 1. The number of hydrogen-bond donors (Lipinski definition) is 1. The van der Waals surface area contributed by atoms with Gasteiger partial charge in [-0.2, -0.15) is 0 Å². The molecule has 0 aliphatic carbocycles. The fraction of sp³-hybridized carbons (Fsp3) is 0.300. The van der Waals surface area contributed by atoms with Crippen molar-refractivity contribution in [3.63, 3.8) is 0 Å². The van der Waals surface area contributed by atoms with Crippen LogP contribution >= 0.6 is 45.3 Å². The third-order valence-electron chi connectivity index (χ3n) is 2.53. The lowest BCUT2D eigenvalue weighted by atomic mass is 10.0. The minimum Gasteiger partial charge on any atom is -0.304 e. The number of rotatable bonds is 1. The molecule has 0 fully saturated rings. The lowest BCUT2D eigenvalue weighted by Gasteiger charge is -2.22. The minimum absolute atomic E-state index is 0.327. The number of halogens is 1. The van der Waals surface area contributed by atoms with Crippen molar-refractivity contribution in [1.29, 1.82) is 0 Å². The molecular formula is C10H9IN2S2. The van der Waals surface area contributed by atoms with Crippen LogP contribution in [0.5, 0.6) is 0 Å². The fourth-order valence-corrected chi connectivity index (χ4v) is 4.35. The number of nitrogens with one attached hydrogen (secondary N) is 1. The summed E-state index contributed by atoms with van der Waals surface area (Å²) in [5, 5.41) is 6.92. The smallest absolute Gasteiger partial charge is 0.115 e. The van der Waals surface area contributed by atoms with E-state index in [1.807, 2.05) is 17.5 Å². The number of aromatic nitrogens is 1. The zero-order valence-corrected chi connectivity index (χ0v) is 11.7. The molecule has 1 N–H and O–H groups in total. The van der Waals surface area contributed by atoms with Gasteiger partial charge in [-0.25, -0.2) is 4.98 Å². The summed E-state index contributed by atoms with van der Waals surface area (Å²) in [5.74, 6) is 0. The van der Waals surface area contributed by atoms with Gasteiger partial charge in [0.1, 0.15) is 5.01 Å². The van der Waals surface area contributed by atoms with Crippen LogP contribution in [0, 0.1) is 2.88 Å². The first kappa shape index (κ1) is 10.2. The Hall–Kier alpha value is 0.0200. The lowest BCUT2D eigenvalue weighted by molar-refractivity contribution is 0.572. The number of thiazole rings is 1. The molecule has 0 bridgehead atoms. The normalized spacial score (nSPS) is 20.2. The molecule has 0 amide bonds. The maximum atomic E-state index is 4.47. The average Bonchev–Trinajstić information content (AvgIpc) is 2.84. The van der Waals surface area contributed by atoms with Gasteiger partial charge in [0.25, 0.3) is 0 Å². The molecule has 15 heavy (non-hydrogen) atoms. The molecule has 1 unspecified atom stereocenters. The van der Waals surface area contributed by atoms with Crippen LogP contribution in [0.1, 0.15) is 21.5 Å². The van der Waals surface area contributed by atoms with Gasteiger partial charge in [-0.3, -0.25) is 0 Å². The van der Waals surface area contributed by atoms with Gasteiger partial charge in [0.15, 0.2) is 0 Å². The lowest BCUT2D eigenvalue weighted by Crippen LogP contribution is -2.29. The van der Waals surface area contributed by atoms with E-state index in [9.17, 15) is 0 Å². The first-order chi connectivity index (χ1) is 7.34. The second kappa shape index (κ2) is 4.12. The van der Waals surface area contributed by atoms with E-state index in [1.165, 1.54) is 18.3 Å². The molecule has 0 saturated heterocycles. The van der Waals surface area contributed by atoms with Crippen molar-refractivity contribution in [2.24, 2.45) is 0 Å². The Bertz CT molecular complexity index is 477. The Morgan fingerprint density at radius 3 is 3.27 bits per heavy atom. The van der Waals surface area contributed by atoms with Crippen molar-refractivity contribution in [3.8, 4) is 0 Å². The minimum atomic E-state index is 0.327. The van der Waals surface area contributed by atoms with E-state index < -0.39 is 0 Å². The summed E-state index contributed by atoms with van der Waals surface area (Å²) in [7, 11) is 0. The van der Waals surface area contributed by atoms with Crippen molar-refractivity contribution in [2.75, 3.05) is 6.54 Å². The molecule has 1 atom stereocenters. The SMILES string of the molecule is Ic1cnc(C2NCCc3sccc32)s1. The molecule has 2 aromatic heterocycles. The number of thiophene rings is 1. The highest BCUT2D eigenvalue weighted by Crippen LogP contribution is 2.33. The Labute approximate surface area is 110 Å². The van der Waals surface area contributed by atoms with Crippen LogP contribution in [-0.2, 0) is 6.42 Å². The van der Waals surface area contributed by atoms with E-state index >= 15 is 0 Å². The molecule has 2 aromatic rings. The highest BCUT2D eigenvalue weighted by Gasteiger charge is 2.24. The van der Waals surface area contributed by atoms with Gasteiger partial charge in [-0.1, -0.05) is 0 Å². The Balaban J connectivity index is 2.02. The average molecular weight is 348 g/mol. The van der Waals surface area contributed by atoms with E-state index in [1.54, 1.807) is 11.3 Å². The molecule has 1 aliphatic rings. The second-order valence-electron chi connectivity index (χ2n) is 3.44. The second-order valence-corrected chi connectivity index (χ2v) is 7.40. The first-order valence-corrected chi connectivity index (χ1v) is 7.53. The molecule has 2 nitrogen and oxygen atoms in total. The molecule has 3 rings (SSSR count). The molecular weight excluding hydrogens is 339 g/mol. The van der Waals surface area contributed by atoms with Crippen molar-refractivity contribution >= 4 is 45.3 Å². The van der Waals surface area contributed by atoms with Crippen molar-refractivity contribution in [3.05, 3.63) is 36.0 Å². The third-order valence-corrected chi connectivity index (χ3v) is 5.32. The predicted molar refractivity (Wildman–Crippen MR) is 72.7 cm³/mol.